The van der Waals surface area contributed by atoms with Crippen LogP contribution in [0, 0.1) is 17.8 Å². The standard InChI is InChI=1S/C34H51NO8/c1-20(7-10-30-22(3)15-29(24(5)42-30)35-32(38)12-9-23(4)41-25(6)36)8-11-31-33(39)34(19-40-34)18-28(43-31)17-27(37)16-26-13-21(2)14-26/h7-9,11-12,21-24,26,28-31,33,39H,10,13-19H2,1-6H3,(H,35,38)/b11-8+,12-9-,20-7+/t21?,22-,23-,24+,26?,28+,29+,30-,31+,33+,34+/m0/s1. The van der Waals surface area contributed by atoms with Crippen molar-refractivity contribution in [2.45, 2.75) is 135 Å². The number of amides is 1. The molecule has 9 heteroatoms. The van der Waals surface area contributed by atoms with Crippen molar-refractivity contribution < 1.29 is 38.4 Å². The maximum absolute atomic E-state index is 12.7. The summed E-state index contributed by atoms with van der Waals surface area (Å²) < 4.78 is 23.2. The average molecular weight is 602 g/mol. The van der Waals surface area contributed by atoms with Gasteiger partial charge in [0.2, 0.25) is 5.91 Å². The Hall–Kier alpha value is -2.33. The fourth-order valence-electron chi connectivity index (χ4n) is 6.78. The fraction of sp³-hybridized carbons (Fsp3) is 0.735. The molecule has 0 aromatic heterocycles. The summed E-state index contributed by atoms with van der Waals surface area (Å²) >= 11 is 0. The third-order valence-electron chi connectivity index (χ3n) is 9.37. The van der Waals surface area contributed by atoms with Crippen LogP contribution in [0.25, 0.3) is 0 Å². The topological polar surface area (TPSA) is 124 Å². The van der Waals surface area contributed by atoms with Gasteiger partial charge in [-0.2, -0.15) is 0 Å². The highest BCUT2D eigenvalue weighted by molar-refractivity contribution is 5.87. The third kappa shape index (κ3) is 9.58. The van der Waals surface area contributed by atoms with E-state index in [1.165, 1.54) is 13.0 Å². The normalized spacial score (nSPS) is 38.6. The lowest BCUT2D eigenvalue weighted by Gasteiger charge is -2.39. The van der Waals surface area contributed by atoms with Crippen LogP contribution in [0.15, 0.2) is 36.0 Å². The highest BCUT2D eigenvalue weighted by Crippen LogP contribution is 2.44. The molecule has 0 unspecified atom stereocenters. The zero-order chi connectivity index (χ0) is 31.3. The van der Waals surface area contributed by atoms with E-state index in [1.807, 2.05) is 26.0 Å². The molecule has 43 heavy (non-hydrogen) atoms. The number of carbonyl (C=O) groups is 3. The highest BCUT2D eigenvalue weighted by atomic mass is 16.6. The SMILES string of the molecule is CC(=O)O[C@@H](C)/C=C\C(=O)N[C@@H]1C[C@H](C)[C@H](C/C=C(C)/C=C/[C@H]2O[C@H](CC(=O)CC3CC(C)C3)C[C@@]3(CO3)[C@@H]2O)O[C@@H]1C. The molecule has 9 atom stereocenters. The van der Waals surface area contributed by atoms with Gasteiger partial charge in [0.15, 0.2) is 0 Å². The zero-order valence-electron chi connectivity index (χ0n) is 26.6. The number of ketones is 1. The maximum Gasteiger partial charge on any atom is 0.303 e. The van der Waals surface area contributed by atoms with E-state index < -0.39 is 29.9 Å². The molecule has 3 aliphatic heterocycles. The van der Waals surface area contributed by atoms with Crippen LogP contribution in [0.3, 0.4) is 0 Å². The number of epoxide rings is 1. The molecule has 3 heterocycles. The van der Waals surface area contributed by atoms with Crippen LogP contribution in [-0.2, 0) is 33.3 Å². The third-order valence-corrected chi connectivity index (χ3v) is 9.37. The summed E-state index contributed by atoms with van der Waals surface area (Å²) in [7, 11) is 0. The monoisotopic (exact) mass is 601 g/mol. The minimum absolute atomic E-state index is 0.0136. The molecule has 1 spiro atoms. The van der Waals surface area contributed by atoms with Crippen molar-refractivity contribution >= 4 is 17.7 Å². The van der Waals surface area contributed by atoms with Crippen LogP contribution in [0.1, 0.15) is 86.5 Å². The van der Waals surface area contributed by atoms with Gasteiger partial charge in [-0.25, -0.2) is 0 Å². The van der Waals surface area contributed by atoms with Gasteiger partial charge in [0, 0.05) is 32.3 Å². The fourth-order valence-corrected chi connectivity index (χ4v) is 6.78. The molecule has 1 aliphatic carbocycles. The van der Waals surface area contributed by atoms with Crippen molar-refractivity contribution in [3.05, 3.63) is 36.0 Å². The molecule has 0 bridgehead atoms. The molecule has 0 aromatic carbocycles. The molecule has 0 radical (unpaired) electrons. The van der Waals surface area contributed by atoms with Crippen LogP contribution in [0.5, 0.6) is 0 Å². The van der Waals surface area contributed by atoms with Gasteiger partial charge in [-0.3, -0.25) is 14.4 Å². The van der Waals surface area contributed by atoms with E-state index in [9.17, 15) is 19.5 Å². The number of allylic oxidation sites excluding steroid dienone is 2. The van der Waals surface area contributed by atoms with Gasteiger partial charge in [-0.15, -0.1) is 0 Å². The Balaban J connectivity index is 1.24. The lowest BCUT2D eigenvalue weighted by atomic mass is 9.73. The lowest BCUT2D eigenvalue weighted by Crippen LogP contribution is -2.50. The summed E-state index contributed by atoms with van der Waals surface area (Å²) in [5.41, 5.74) is 0.440. The first-order valence-corrected chi connectivity index (χ1v) is 16.0. The molecule has 240 valence electrons. The van der Waals surface area contributed by atoms with Crippen LogP contribution in [0.4, 0.5) is 0 Å². The summed E-state index contributed by atoms with van der Waals surface area (Å²) in [5.74, 6) is 1.09. The summed E-state index contributed by atoms with van der Waals surface area (Å²) in [5, 5.41) is 14.0. The number of hydrogen-bond acceptors (Lipinski definition) is 8. The van der Waals surface area contributed by atoms with Gasteiger partial charge in [-0.1, -0.05) is 37.6 Å². The Morgan fingerprint density at radius 1 is 1.07 bits per heavy atom. The van der Waals surface area contributed by atoms with E-state index >= 15 is 0 Å². The summed E-state index contributed by atoms with van der Waals surface area (Å²) in [6.07, 6.45) is 12.2. The second-order valence-electron chi connectivity index (χ2n) is 13.5. The van der Waals surface area contributed by atoms with Gasteiger partial charge in [0.1, 0.15) is 29.7 Å². The summed E-state index contributed by atoms with van der Waals surface area (Å²) in [4.78, 5) is 36.1. The average Bonchev–Trinajstić information content (AvgIpc) is 3.68. The quantitative estimate of drug-likeness (QED) is 0.146. The molecule has 1 amide bonds. The predicted octanol–water partition coefficient (Wildman–Crippen LogP) is 4.37. The van der Waals surface area contributed by atoms with Gasteiger partial charge in [0.25, 0.3) is 0 Å². The lowest BCUT2D eigenvalue weighted by molar-refractivity contribution is -0.145. The van der Waals surface area contributed by atoms with Gasteiger partial charge in [-0.05, 0) is 70.3 Å². The van der Waals surface area contributed by atoms with Gasteiger partial charge >= 0.3 is 5.97 Å². The number of hydrogen-bond donors (Lipinski definition) is 2. The number of aliphatic hydroxyl groups is 1. The van der Waals surface area contributed by atoms with Gasteiger partial charge < -0.3 is 29.4 Å². The Bertz CT molecular complexity index is 1090. The molecule has 0 aromatic rings. The van der Waals surface area contributed by atoms with E-state index in [0.717, 1.165) is 37.2 Å². The smallest absolute Gasteiger partial charge is 0.303 e. The Morgan fingerprint density at radius 3 is 2.44 bits per heavy atom. The molecule has 4 rings (SSSR count). The Kier molecular flexibility index (Phi) is 11.4. The number of esters is 1. The first-order chi connectivity index (χ1) is 20.3. The second-order valence-corrected chi connectivity index (χ2v) is 13.5. The van der Waals surface area contributed by atoms with Crippen molar-refractivity contribution in [3.8, 4) is 0 Å². The van der Waals surface area contributed by atoms with E-state index in [-0.39, 0.29) is 42.0 Å². The molecule has 4 aliphatic rings. The van der Waals surface area contributed by atoms with Crippen LogP contribution in [0.2, 0.25) is 0 Å². The van der Waals surface area contributed by atoms with Gasteiger partial charge in [0.05, 0.1) is 31.0 Å². The van der Waals surface area contributed by atoms with E-state index in [2.05, 4.69) is 25.2 Å². The molecule has 4 fully saturated rings. The van der Waals surface area contributed by atoms with Crippen molar-refractivity contribution in [2.75, 3.05) is 6.61 Å². The van der Waals surface area contributed by atoms with Crippen molar-refractivity contribution in [1.82, 2.24) is 5.32 Å². The number of aliphatic hydroxyl groups excluding tert-OH is 1. The minimum atomic E-state index is -0.759. The minimum Gasteiger partial charge on any atom is -0.459 e. The Labute approximate surface area is 256 Å². The highest BCUT2D eigenvalue weighted by Gasteiger charge is 2.58. The number of ether oxygens (including phenoxy) is 4. The molecule has 3 saturated heterocycles. The molecular weight excluding hydrogens is 550 g/mol. The number of nitrogens with one attached hydrogen (secondary N) is 1. The maximum atomic E-state index is 12.7. The Morgan fingerprint density at radius 2 is 1.79 bits per heavy atom. The molecular formula is C34H51NO8. The number of Topliss-reactive ketones (excluding diaryl/α,β-unsaturated/α-hetero) is 1. The van der Waals surface area contributed by atoms with E-state index in [4.69, 9.17) is 18.9 Å². The number of carbonyl (C=O) groups excluding carboxylic acids is 3. The molecule has 2 N–H and O–H groups in total. The zero-order valence-corrected chi connectivity index (χ0v) is 26.6. The van der Waals surface area contributed by atoms with Crippen LogP contribution in [-0.4, -0.2) is 77.6 Å². The van der Waals surface area contributed by atoms with Crippen LogP contribution < -0.4 is 5.32 Å². The summed E-state index contributed by atoms with van der Waals surface area (Å²) in [6, 6.07) is -0.114. The van der Waals surface area contributed by atoms with Crippen LogP contribution >= 0.6 is 0 Å². The van der Waals surface area contributed by atoms with Crippen molar-refractivity contribution in [3.63, 3.8) is 0 Å². The second kappa shape index (κ2) is 14.6. The van der Waals surface area contributed by atoms with E-state index in [0.29, 0.717) is 31.8 Å². The largest absolute Gasteiger partial charge is 0.459 e. The van der Waals surface area contributed by atoms with Crippen molar-refractivity contribution in [2.24, 2.45) is 17.8 Å². The molecule has 1 saturated carbocycles. The first kappa shape index (κ1) is 33.6. The summed E-state index contributed by atoms with van der Waals surface area (Å²) in [6.45, 7) is 11.9. The van der Waals surface area contributed by atoms with Crippen molar-refractivity contribution in [1.29, 1.82) is 0 Å². The predicted molar refractivity (Wildman–Crippen MR) is 162 cm³/mol. The van der Waals surface area contributed by atoms with E-state index in [1.54, 1.807) is 13.0 Å². The number of rotatable bonds is 12. The first-order valence-electron chi connectivity index (χ1n) is 16.0. The molecule has 9 nitrogen and oxygen atoms in total.